The maximum Gasteiger partial charge on any atom is 0.325 e. The Hall–Kier alpha value is -10.0. The van der Waals surface area contributed by atoms with Gasteiger partial charge < -0.3 is 15.1 Å². The van der Waals surface area contributed by atoms with Crippen molar-refractivity contribution in [2.75, 3.05) is 4.90 Å². The molecule has 0 saturated heterocycles. The highest BCUT2D eigenvalue weighted by Gasteiger charge is 2.14. The van der Waals surface area contributed by atoms with Crippen molar-refractivity contribution >= 4 is 90.3 Å². The standard InChI is InChI=1S/C63H51N5O6/c1-42-9-29-53(30-10-42)59(52-7-5-4-6-8-52)39-51-27-35-56(36-28-51)68(54-31-23-47(24-32-54)13-11-45-15-19-49(20-16-45)37-57-43(2)64-66(62(57)73)40-60(69)70)55-33-25-48(26-34-55)14-12-46-17-21-50(22-18-46)38-58-44(3)65-67(63(58)74)41-61(71)72/h4-39,64-65H,2-3,40-41H2,1H3,(H,69,70)(H,71,72)/b13-11+,14-12+,57-37-,58-38+,59-39?. The van der Waals surface area contributed by atoms with Crippen LogP contribution in [0.15, 0.2) is 186 Å². The van der Waals surface area contributed by atoms with Crippen LogP contribution in [0.5, 0.6) is 0 Å². The molecular weight excluding hydrogens is 923 g/mol. The molecule has 2 heterocycles. The van der Waals surface area contributed by atoms with Gasteiger partial charge in [-0.2, -0.15) is 0 Å². The lowest BCUT2D eigenvalue weighted by Gasteiger charge is -2.26. The van der Waals surface area contributed by atoms with E-state index < -0.39 is 36.1 Å². The Morgan fingerprint density at radius 3 is 1.19 bits per heavy atom. The highest BCUT2D eigenvalue weighted by molar-refractivity contribution is 5.92. The number of hydrogen-bond acceptors (Lipinski definition) is 5. The summed E-state index contributed by atoms with van der Waals surface area (Å²) < 4.78 is 2.06. The summed E-state index contributed by atoms with van der Waals surface area (Å²) in [6.45, 7) is 8.90. The second-order valence-corrected chi connectivity index (χ2v) is 17.8. The smallest absolute Gasteiger partial charge is 0.325 e. The van der Waals surface area contributed by atoms with Crippen LogP contribution >= 0.6 is 0 Å². The fourth-order valence-electron chi connectivity index (χ4n) is 8.50. The van der Waals surface area contributed by atoms with E-state index in [0.717, 1.165) is 82.1 Å². The average Bonchev–Trinajstić information content (AvgIpc) is 3.82. The maximum atomic E-state index is 12.7. The lowest BCUT2D eigenvalue weighted by atomic mass is 9.95. The Bertz CT molecular complexity index is 3750. The average molecular weight is 974 g/mol. The zero-order chi connectivity index (χ0) is 51.7. The van der Waals surface area contributed by atoms with E-state index in [-0.39, 0.29) is 0 Å². The van der Waals surface area contributed by atoms with E-state index in [2.05, 4.69) is 163 Å². The lowest BCUT2D eigenvalue weighted by molar-refractivity contribution is -0.139. The van der Waals surface area contributed by atoms with Gasteiger partial charge in [0.2, 0.25) is 0 Å². The Morgan fingerprint density at radius 1 is 0.473 bits per heavy atom. The predicted octanol–water partition coefficient (Wildman–Crippen LogP) is 9.02. The molecule has 9 rings (SSSR count). The van der Waals surface area contributed by atoms with Crippen LogP contribution in [0.4, 0.5) is 17.1 Å². The van der Waals surface area contributed by atoms with Crippen LogP contribution in [-0.4, -0.2) is 41.7 Å². The van der Waals surface area contributed by atoms with Crippen LogP contribution in [0.1, 0.15) is 55.6 Å². The molecule has 0 bridgehead atoms. The molecule has 9 aromatic rings. The Balaban J connectivity index is 0.974. The molecular formula is C63H51N5O6. The Kier molecular flexibility index (Phi) is 14.5. The fraction of sp³-hybridized carbons (Fsp3) is 0.0476. The number of rotatable bonds is 16. The number of aromatic nitrogens is 4. The van der Waals surface area contributed by atoms with Gasteiger partial charge in [0.15, 0.2) is 0 Å². The first kappa shape index (κ1) is 49.0. The molecule has 0 aliphatic rings. The van der Waals surface area contributed by atoms with Crippen molar-refractivity contribution < 1.29 is 19.8 Å². The van der Waals surface area contributed by atoms with Gasteiger partial charge in [0.25, 0.3) is 11.1 Å². The maximum absolute atomic E-state index is 12.7. The number of aliphatic carboxylic acids is 2. The topological polar surface area (TPSA) is 153 Å². The van der Waals surface area contributed by atoms with Gasteiger partial charge in [-0.25, -0.2) is 9.36 Å². The van der Waals surface area contributed by atoms with Crippen molar-refractivity contribution in [3.8, 4) is 0 Å². The molecule has 0 amide bonds. The second kappa shape index (κ2) is 22.0. The molecule has 0 saturated carbocycles. The van der Waals surface area contributed by atoms with Crippen LogP contribution in [-0.2, 0) is 22.7 Å². The van der Waals surface area contributed by atoms with Crippen molar-refractivity contribution in [1.82, 2.24) is 19.6 Å². The first-order valence-corrected chi connectivity index (χ1v) is 23.8. The monoisotopic (exact) mass is 973 g/mol. The van der Waals surface area contributed by atoms with Crippen molar-refractivity contribution in [2.45, 2.75) is 20.0 Å². The van der Waals surface area contributed by atoms with Gasteiger partial charge in [-0.15, -0.1) is 0 Å². The van der Waals surface area contributed by atoms with Crippen LogP contribution in [0.25, 0.3) is 61.3 Å². The highest BCUT2D eigenvalue weighted by atomic mass is 16.4. The molecule has 7 aromatic carbocycles. The Morgan fingerprint density at radius 2 is 0.811 bits per heavy atom. The van der Waals surface area contributed by atoms with E-state index in [1.807, 2.05) is 78.9 Å². The van der Waals surface area contributed by atoms with Gasteiger partial charge in [0.1, 0.15) is 13.1 Å². The third kappa shape index (κ3) is 11.8. The summed E-state index contributed by atoms with van der Waals surface area (Å²) in [6.07, 6.45) is 13.8. The summed E-state index contributed by atoms with van der Waals surface area (Å²) in [7, 11) is 0. The van der Waals surface area contributed by atoms with E-state index >= 15 is 0 Å². The van der Waals surface area contributed by atoms with Gasteiger partial charge in [-0.3, -0.25) is 29.4 Å². The molecule has 0 unspecified atom stereocenters. The Labute approximate surface area is 426 Å². The minimum absolute atomic E-state index is 0.315. The van der Waals surface area contributed by atoms with E-state index in [1.165, 1.54) is 5.56 Å². The first-order valence-electron chi connectivity index (χ1n) is 23.8. The van der Waals surface area contributed by atoms with Crippen LogP contribution in [0.3, 0.4) is 0 Å². The number of anilines is 3. The minimum atomic E-state index is -1.12. The second-order valence-electron chi connectivity index (χ2n) is 17.8. The van der Waals surface area contributed by atoms with Crippen LogP contribution in [0, 0.1) is 6.92 Å². The zero-order valence-corrected chi connectivity index (χ0v) is 40.5. The molecule has 0 aliphatic carbocycles. The summed E-state index contributed by atoms with van der Waals surface area (Å²) in [5.74, 6) is -2.24. The molecule has 2 aromatic heterocycles. The number of carboxylic acids is 2. The van der Waals surface area contributed by atoms with Gasteiger partial charge in [0, 0.05) is 17.1 Å². The molecule has 364 valence electrons. The number of hydrogen-bond donors (Lipinski definition) is 4. The minimum Gasteiger partial charge on any atom is -0.480 e. The largest absolute Gasteiger partial charge is 0.480 e. The number of H-pyrrole nitrogens is 2. The SMILES string of the molecule is C=c1[nH]n(CC(=O)O)c(=O)/c1=C\c1ccc(/C=C/c2ccc(N(c3ccc(C=C(c4ccccc4)c4ccc(C)cc4)cc3)c3ccc(/C=C/c4ccc(/C=c5\c(=C)[nH]n(CC(=O)O)c5=O)cc4)cc3)cc2)cc1. The van der Waals surface area contributed by atoms with Crippen molar-refractivity contribution in [2.24, 2.45) is 0 Å². The number of aryl methyl sites for hydroxylation is 1. The molecule has 0 aliphatic heterocycles. The van der Waals surface area contributed by atoms with E-state index in [1.54, 1.807) is 12.2 Å². The fourth-order valence-corrected chi connectivity index (χ4v) is 8.50. The number of benzene rings is 7. The quantitative estimate of drug-likeness (QED) is 0.0706. The van der Waals surface area contributed by atoms with Gasteiger partial charge >= 0.3 is 11.9 Å². The number of nitrogens with one attached hydrogen (secondary N) is 2. The van der Waals surface area contributed by atoms with Crippen LogP contribution < -0.4 is 37.2 Å². The summed E-state index contributed by atoms with van der Waals surface area (Å²) >= 11 is 0. The molecule has 74 heavy (non-hydrogen) atoms. The normalized spacial score (nSPS) is 12.3. The summed E-state index contributed by atoms with van der Waals surface area (Å²) in [4.78, 5) is 50.1. The predicted molar refractivity (Wildman–Crippen MR) is 299 cm³/mol. The van der Waals surface area contributed by atoms with E-state index in [0.29, 0.717) is 21.1 Å². The van der Waals surface area contributed by atoms with E-state index in [4.69, 9.17) is 10.2 Å². The summed E-state index contributed by atoms with van der Waals surface area (Å²) in [5.41, 5.74) is 13.2. The molecule has 0 spiro atoms. The first-order chi connectivity index (χ1) is 35.8. The van der Waals surface area contributed by atoms with Gasteiger partial charge in [-0.05, 0) is 117 Å². The molecule has 0 fully saturated rings. The van der Waals surface area contributed by atoms with Crippen molar-refractivity contribution in [1.29, 1.82) is 0 Å². The van der Waals surface area contributed by atoms with Gasteiger partial charge in [0.05, 0.1) is 21.1 Å². The third-order valence-corrected chi connectivity index (χ3v) is 12.4. The zero-order valence-electron chi connectivity index (χ0n) is 40.5. The number of aromatic amines is 2. The summed E-state index contributed by atoms with van der Waals surface area (Å²) in [6, 6.07) is 59.8. The number of nitrogens with zero attached hydrogens (tertiary/aromatic N) is 3. The third-order valence-electron chi connectivity index (χ3n) is 12.4. The van der Waals surface area contributed by atoms with E-state index in [9.17, 15) is 19.2 Å². The van der Waals surface area contributed by atoms with Crippen molar-refractivity contribution in [3.63, 3.8) is 0 Å². The molecule has 0 atom stereocenters. The molecule has 4 N–H and O–H groups in total. The summed E-state index contributed by atoms with van der Waals surface area (Å²) in [5, 5.41) is 25.1. The van der Waals surface area contributed by atoms with Crippen LogP contribution in [0.2, 0.25) is 0 Å². The molecule has 11 heteroatoms. The van der Waals surface area contributed by atoms with Gasteiger partial charge in [-0.1, -0.05) is 183 Å². The highest BCUT2D eigenvalue weighted by Crippen LogP contribution is 2.36. The molecule has 11 nitrogen and oxygen atoms in total. The lowest BCUT2D eigenvalue weighted by Crippen LogP contribution is -2.35. The number of carbonyl (C=O) groups is 2. The van der Waals surface area contributed by atoms with Crippen molar-refractivity contribution in [3.05, 3.63) is 273 Å². The molecule has 0 radical (unpaired) electrons. The number of carboxylic acid groups (broad SMARTS) is 2.